The van der Waals surface area contributed by atoms with Gasteiger partial charge in [0.2, 0.25) is 5.91 Å². The van der Waals surface area contributed by atoms with Crippen molar-refractivity contribution >= 4 is 50.6 Å². The van der Waals surface area contributed by atoms with Crippen molar-refractivity contribution in [3.05, 3.63) is 53.0 Å². The Morgan fingerprint density at radius 2 is 1.92 bits per heavy atom. The summed E-state index contributed by atoms with van der Waals surface area (Å²) in [6, 6.07) is 7.96. The molecule has 1 aromatic carbocycles. The summed E-state index contributed by atoms with van der Waals surface area (Å²) < 4.78 is 1.09. The van der Waals surface area contributed by atoms with E-state index in [1.54, 1.807) is 17.5 Å². The van der Waals surface area contributed by atoms with Crippen LogP contribution in [0.2, 0.25) is 0 Å². The third-order valence-corrected chi connectivity index (χ3v) is 7.71. The van der Waals surface area contributed by atoms with Crippen molar-refractivity contribution in [1.29, 1.82) is 0 Å². The predicted molar refractivity (Wildman–Crippen MR) is 146 cm³/mol. The van der Waals surface area contributed by atoms with Gasteiger partial charge in [-0.25, -0.2) is 16.5 Å². The van der Waals surface area contributed by atoms with Gasteiger partial charge in [-0.05, 0) is 57.7 Å². The molecule has 0 unspecified atom stereocenters. The van der Waals surface area contributed by atoms with Crippen LogP contribution in [0.25, 0.3) is 15.1 Å². The molecule has 2 aliphatic carbocycles. The highest BCUT2D eigenvalue weighted by molar-refractivity contribution is 7.16. The number of anilines is 3. The van der Waals surface area contributed by atoms with Gasteiger partial charge >= 0.3 is 5.66 Å². The van der Waals surface area contributed by atoms with E-state index >= 15 is 0 Å². The lowest BCUT2D eigenvalue weighted by atomic mass is 9.85. The van der Waals surface area contributed by atoms with Crippen LogP contribution in [0.1, 0.15) is 62.7 Å². The molecule has 0 atom stereocenters. The van der Waals surface area contributed by atoms with Crippen LogP contribution in [-0.4, -0.2) is 39.5 Å². The molecule has 0 saturated heterocycles. The number of pyridine rings is 1. The van der Waals surface area contributed by atoms with Gasteiger partial charge in [0.1, 0.15) is 5.82 Å². The van der Waals surface area contributed by atoms with Crippen molar-refractivity contribution in [1.82, 2.24) is 20.6 Å². The van der Waals surface area contributed by atoms with Gasteiger partial charge in [0.25, 0.3) is 5.91 Å². The molecule has 10 heteroatoms. The van der Waals surface area contributed by atoms with E-state index in [0.29, 0.717) is 29.9 Å². The van der Waals surface area contributed by atoms with E-state index < -0.39 is 5.66 Å². The van der Waals surface area contributed by atoms with Gasteiger partial charge in [0.05, 0.1) is 39.8 Å². The largest absolute Gasteiger partial charge is 0.382 e. The normalized spacial score (nSPS) is 20.2. The molecular formula is C27H31N7O2S. The Morgan fingerprint density at radius 1 is 1.14 bits per heavy atom. The molecule has 0 radical (unpaired) electrons. The molecule has 0 bridgehead atoms. The summed E-state index contributed by atoms with van der Waals surface area (Å²) in [4.78, 5) is 38.2. The average molecular weight is 518 g/mol. The SMILES string of the molecule is [C-]#[N+]C1(NC(=O)C2CCC(NC(=O)c3cnc(Nc4ccc5ncsc5c4)cc3NC(C)C)CC2)CC1. The molecule has 2 aromatic heterocycles. The van der Waals surface area contributed by atoms with E-state index in [1.807, 2.05) is 43.6 Å². The number of nitrogens with zero attached hydrogens (tertiary/aromatic N) is 3. The standard InChI is InChI=1S/C27H31N7O2S/c1-16(2)31-22-13-24(32-19-8-9-21-23(12-19)37-15-30-21)29-14-20(22)26(36)33-18-6-4-17(5-7-18)25(35)34-27(28-3)10-11-27/h8-9,12-18H,4-7,10-11H2,1-2H3,(H,33,36)(H,34,35)(H2,29,31,32). The van der Waals surface area contributed by atoms with E-state index in [4.69, 9.17) is 6.57 Å². The van der Waals surface area contributed by atoms with Crippen LogP contribution in [0.15, 0.2) is 36.0 Å². The maximum atomic E-state index is 13.2. The summed E-state index contributed by atoms with van der Waals surface area (Å²) in [7, 11) is 0. The van der Waals surface area contributed by atoms with Crippen molar-refractivity contribution in [2.24, 2.45) is 5.92 Å². The minimum atomic E-state index is -0.649. The summed E-state index contributed by atoms with van der Waals surface area (Å²) >= 11 is 1.58. The predicted octanol–water partition coefficient (Wildman–Crippen LogP) is 5.07. The molecule has 0 aliphatic heterocycles. The molecule has 5 rings (SSSR count). The molecule has 2 amide bonds. The smallest absolute Gasteiger partial charge is 0.308 e. The number of benzene rings is 1. The van der Waals surface area contributed by atoms with E-state index in [1.165, 1.54) is 0 Å². The third kappa shape index (κ3) is 5.83. The van der Waals surface area contributed by atoms with Crippen molar-refractivity contribution < 1.29 is 9.59 Å². The maximum absolute atomic E-state index is 13.2. The van der Waals surface area contributed by atoms with Gasteiger partial charge in [0, 0.05) is 36.0 Å². The average Bonchev–Trinajstić information content (AvgIpc) is 3.49. The Labute approximate surface area is 220 Å². The van der Waals surface area contributed by atoms with E-state index in [0.717, 1.165) is 41.6 Å². The van der Waals surface area contributed by atoms with Gasteiger partial charge in [-0.1, -0.05) is 0 Å². The summed E-state index contributed by atoms with van der Waals surface area (Å²) in [5.41, 5.74) is 4.24. The minimum absolute atomic E-state index is 0.00290. The molecule has 192 valence electrons. The Hall–Kier alpha value is -3.71. The second-order valence-corrected chi connectivity index (χ2v) is 11.1. The summed E-state index contributed by atoms with van der Waals surface area (Å²) in [5.74, 6) is 0.347. The lowest BCUT2D eigenvalue weighted by molar-refractivity contribution is -0.126. The number of hydrogen-bond donors (Lipinski definition) is 4. The fraction of sp³-hybridized carbons (Fsp3) is 0.444. The first-order valence-corrected chi connectivity index (χ1v) is 13.6. The molecule has 4 N–H and O–H groups in total. The highest BCUT2D eigenvalue weighted by Crippen LogP contribution is 2.38. The highest BCUT2D eigenvalue weighted by Gasteiger charge is 2.53. The number of thiazole rings is 1. The van der Waals surface area contributed by atoms with Crippen LogP contribution < -0.4 is 21.3 Å². The number of rotatable bonds is 8. The van der Waals surface area contributed by atoms with Gasteiger partial charge in [-0.15, -0.1) is 11.3 Å². The first kappa shape index (κ1) is 25.0. The molecule has 2 saturated carbocycles. The molecule has 3 aromatic rings. The summed E-state index contributed by atoms with van der Waals surface area (Å²) in [6.07, 6.45) is 5.95. The molecule has 2 fully saturated rings. The third-order valence-electron chi connectivity index (χ3n) is 6.92. The Morgan fingerprint density at radius 3 is 2.62 bits per heavy atom. The molecule has 0 spiro atoms. The van der Waals surface area contributed by atoms with Gasteiger partial charge in [-0.3, -0.25) is 19.8 Å². The fourth-order valence-electron chi connectivity index (χ4n) is 4.69. The zero-order chi connectivity index (χ0) is 26.0. The molecular weight excluding hydrogens is 486 g/mol. The fourth-order valence-corrected chi connectivity index (χ4v) is 5.41. The number of carbonyl (C=O) groups is 2. The zero-order valence-corrected chi connectivity index (χ0v) is 21.8. The van der Waals surface area contributed by atoms with Crippen molar-refractivity contribution in [2.75, 3.05) is 10.6 Å². The number of carbonyl (C=O) groups excluding carboxylic acids is 2. The van der Waals surface area contributed by atoms with Crippen molar-refractivity contribution in [3.63, 3.8) is 0 Å². The van der Waals surface area contributed by atoms with E-state index in [9.17, 15) is 9.59 Å². The van der Waals surface area contributed by atoms with Crippen LogP contribution >= 0.6 is 11.3 Å². The second kappa shape index (κ2) is 10.3. The summed E-state index contributed by atoms with van der Waals surface area (Å²) in [5, 5.41) is 12.8. The first-order valence-electron chi connectivity index (χ1n) is 12.7. The lowest BCUT2D eigenvalue weighted by Gasteiger charge is -2.29. The van der Waals surface area contributed by atoms with Gasteiger partial charge in [0.15, 0.2) is 0 Å². The topological polar surface area (TPSA) is 112 Å². The molecule has 9 nitrogen and oxygen atoms in total. The number of amides is 2. The van der Waals surface area contributed by atoms with Crippen molar-refractivity contribution in [3.8, 4) is 0 Å². The van der Waals surface area contributed by atoms with Crippen LogP contribution in [0.5, 0.6) is 0 Å². The number of hydrogen-bond acceptors (Lipinski definition) is 7. The Kier molecular flexibility index (Phi) is 6.98. The minimum Gasteiger partial charge on any atom is -0.382 e. The van der Waals surface area contributed by atoms with Gasteiger partial charge in [-0.2, -0.15) is 0 Å². The Bertz CT molecular complexity index is 1350. The molecule has 2 aliphatic rings. The quantitative estimate of drug-likeness (QED) is 0.311. The van der Waals surface area contributed by atoms with Crippen LogP contribution in [0, 0.1) is 12.5 Å². The van der Waals surface area contributed by atoms with Crippen molar-refractivity contribution in [2.45, 2.75) is 70.1 Å². The molecule has 37 heavy (non-hydrogen) atoms. The van der Waals surface area contributed by atoms with Crippen LogP contribution in [0.3, 0.4) is 0 Å². The second-order valence-electron chi connectivity index (χ2n) is 10.2. The molecule has 2 heterocycles. The maximum Gasteiger partial charge on any atom is 0.308 e. The monoisotopic (exact) mass is 517 g/mol. The van der Waals surface area contributed by atoms with Crippen LogP contribution in [0.4, 0.5) is 17.2 Å². The Balaban J connectivity index is 1.22. The number of aromatic nitrogens is 2. The van der Waals surface area contributed by atoms with Crippen LogP contribution in [-0.2, 0) is 4.79 Å². The zero-order valence-electron chi connectivity index (χ0n) is 21.0. The first-order chi connectivity index (χ1) is 17.8. The van der Waals surface area contributed by atoms with E-state index in [-0.39, 0.29) is 29.8 Å². The number of nitrogens with one attached hydrogen (secondary N) is 4. The lowest BCUT2D eigenvalue weighted by Crippen LogP contribution is -2.43. The number of fused-ring (bicyclic) bond motifs is 1. The van der Waals surface area contributed by atoms with Gasteiger partial charge < -0.3 is 16.0 Å². The van der Waals surface area contributed by atoms with E-state index in [2.05, 4.69) is 36.1 Å². The highest BCUT2D eigenvalue weighted by atomic mass is 32.1. The summed E-state index contributed by atoms with van der Waals surface area (Å²) in [6.45, 7) is 11.3.